The van der Waals surface area contributed by atoms with Gasteiger partial charge in [-0.05, 0) is 43.5 Å². The summed E-state index contributed by atoms with van der Waals surface area (Å²) < 4.78 is 5.52. The van der Waals surface area contributed by atoms with Gasteiger partial charge in [0.25, 0.3) is 0 Å². The summed E-state index contributed by atoms with van der Waals surface area (Å²) in [6, 6.07) is 7.39. The summed E-state index contributed by atoms with van der Waals surface area (Å²) in [4.78, 5) is 0. The van der Waals surface area contributed by atoms with Crippen LogP contribution in [0.3, 0.4) is 0 Å². The standard InChI is InChI=1S/C12H17ClO2/c13-11-5-7-12(8-6-11)15-10-4-2-1-3-9-14/h5-8,14H,1-4,9-10H2. The van der Waals surface area contributed by atoms with E-state index in [1.807, 2.05) is 24.3 Å². The third-order valence-corrected chi connectivity index (χ3v) is 2.39. The first-order valence-electron chi connectivity index (χ1n) is 5.32. The van der Waals surface area contributed by atoms with Crippen LogP contribution in [0.2, 0.25) is 5.02 Å². The van der Waals surface area contributed by atoms with Crippen molar-refractivity contribution in [3.8, 4) is 5.75 Å². The maximum atomic E-state index is 8.58. The average molecular weight is 229 g/mol. The number of halogens is 1. The van der Waals surface area contributed by atoms with Crippen LogP contribution >= 0.6 is 11.6 Å². The Kier molecular flexibility index (Phi) is 6.21. The first-order chi connectivity index (χ1) is 7.33. The Morgan fingerprint density at radius 2 is 1.67 bits per heavy atom. The summed E-state index contributed by atoms with van der Waals surface area (Å²) in [5.74, 6) is 0.863. The number of rotatable bonds is 7. The molecule has 1 rings (SSSR count). The molecule has 0 amide bonds. The minimum absolute atomic E-state index is 0.290. The molecule has 3 heteroatoms. The molecule has 0 bridgehead atoms. The molecule has 0 radical (unpaired) electrons. The van der Waals surface area contributed by atoms with Gasteiger partial charge in [-0.1, -0.05) is 18.0 Å². The van der Waals surface area contributed by atoms with E-state index in [1.165, 1.54) is 0 Å². The molecule has 1 N–H and O–H groups in total. The van der Waals surface area contributed by atoms with Crippen LogP contribution in [0.4, 0.5) is 0 Å². The largest absolute Gasteiger partial charge is 0.494 e. The topological polar surface area (TPSA) is 29.5 Å². The van der Waals surface area contributed by atoms with E-state index < -0.39 is 0 Å². The van der Waals surface area contributed by atoms with E-state index in [-0.39, 0.29) is 6.61 Å². The SMILES string of the molecule is OCCCCCCOc1ccc(Cl)cc1. The Hall–Kier alpha value is -0.730. The number of ether oxygens (including phenoxy) is 1. The average Bonchev–Trinajstić information content (AvgIpc) is 2.26. The maximum absolute atomic E-state index is 8.58. The molecule has 0 saturated carbocycles. The number of aliphatic hydroxyl groups excluding tert-OH is 1. The molecule has 0 aromatic heterocycles. The lowest BCUT2D eigenvalue weighted by atomic mass is 10.2. The predicted octanol–water partition coefficient (Wildman–Crippen LogP) is 3.27. The molecule has 84 valence electrons. The molecule has 0 aliphatic rings. The van der Waals surface area contributed by atoms with Crippen molar-refractivity contribution in [3.05, 3.63) is 29.3 Å². The quantitative estimate of drug-likeness (QED) is 0.726. The highest BCUT2D eigenvalue weighted by Gasteiger charge is 1.94. The lowest BCUT2D eigenvalue weighted by Crippen LogP contribution is -1.97. The van der Waals surface area contributed by atoms with Gasteiger partial charge in [-0.15, -0.1) is 0 Å². The van der Waals surface area contributed by atoms with Crippen molar-refractivity contribution in [2.75, 3.05) is 13.2 Å². The van der Waals surface area contributed by atoms with Gasteiger partial charge in [-0.2, -0.15) is 0 Å². The minimum atomic E-state index is 0.290. The minimum Gasteiger partial charge on any atom is -0.494 e. The van der Waals surface area contributed by atoms with Gasteiger partial charge in [0, 0.05) is 11.6 Å². The molecule has 2 nitrogen and oxygen atoms in total. The molecule has 1 aromatic rings. The number of benzene rings is 1. The van der Waals surface area contributed by atoms with Crippen molar-refractivity contribution in [2.45, 2.75) is 25.7 Å². The molecule has 0 aliphatic carbocycles. The third-order valence-electron chi connectivity index (χ3n) is 2.13. The van der Waals surface area contributed by atoms with E-state index >= 15 is 0 Å². The molecular formula is C12H17ClO2. The third kappa shape index (κ3) is 5.65. The Labute approximate surface area is 95.8 Å². The van der Waals surface area contributed by atoms with E-state index in [4.69, 9.17) is 21.4 Å². The van der Waals surface area contributed by atoms with Crippen LogP contribution in [-0.4, -0.2) is 18.3 Å². The zero-order valence-corrected chi connectivity index (χ0v) is 9.54. The second-order valence-electron chi connectivity index (χ2n) is 3.44. The molecule has 1 aromatic carbocycles. The van der Waals surface area contributed by atoms with Crippen molar-refractivity contribution in [1.82, 2.24) is 0 Å². The Morgan fingerprint density at radius 3 is 2.33 bits per heavy atom. The number of hydrogen-bond acceptors (Lipinski definition) is 2. The van der Waals surface area contributed by atoms with Gasteiger partial charge >= 0.3 is 0 Å². The van der Waals surface area contributed by atoms with Crippen molar-refractivity contribution >= 4 is 11.6 Å². The van der Waals surface area contributed by atoms with Crippen LogP contribution in [-0.2, 0) is 0 Å². The van der Waals surface area contributed by atoms with Crippen LogP contribution < -0.4 is 4.74 Å². The van der Waals surface area contributed by atoms with E-state index in [9.17, 15) is 0 Å². The van der Waals surface area contributed by atoms with Gasteiger partial charge in [0.15, 0.2) is 0 Å². The first-order valence-corrected chi connectivity index (χ1v) is 5.70. The molecule has 0 spiro atoms. The maximum Gasteiger partial charge on any atom is 0.119 e. The zero-order valence-electron chi connectivity index (χ0n) is 8.79. The summed E-state index contributed by atoms with van der Waals surface area (Å²) in [5, 5.41) is 9.31. The molecule has 15 heavy (non-hydrogen) atoms. The number of unbranched alkanes of at least 4 members (excludes halogenated alkanes) is 3. The van der Waals surface area contributed by atoms with Crippen molar-refractivity contribution < 1.29 is 9.84 Å². The summed E-state index contributed by atoms with van der Waals surface area (Å²) in [7, 11) is 0. The number of hydrogen-bond donors (Lipinski definition) is 1. The highest BCUT2D eigenvalue weighted by molar-refractivity contribution is 6.30. The first kappa shape index (κ1) is 12.3. The van der Waals surface area contributed by atoms with Crippen LogP contribution in [0.15, 0.2) is 24.3 Å². The highest BCUT2D eigenvalue weighted by atomic mass is 35.5. The fourth-order valence-corrected chi connectivity index (χ4v) is 1.41. The molecule has 0 fully saturated rings. The summed E-state index contributed by atoms with van der Waals surface area (Å²) in [5.41, 5.74) is 0. The molecule has 0 atom stereocenters. The van der Waals surface area contributed by atoms with Gasteiger partial charge < -0.3 is 9.84 Å². The van der Waals surface area contributed by atoms with Gasteiger partial charge in [0.2, 0.25) is 0 Å². The molecule has 0 unspecified atom stereocenters. The van der Waals surface area contributed by atoms with Gasteiger partial charge in [-0.25, -0.2) is 0 Å². The molecule has 0 aliphatic heterocycles. The zero-order chi connectivity index (χ0) is 10.9. The summed E-state index contributed by atoms with van der Waals surface area (Å²) in [6.45, 7) is 1.02. The smallest absolute Gasteiger partial charge is 0.119 e. The van der Waals surface area contributed by atoms with Gasteiger partial charge in [0.05, 0.1) is 6.61 Å². The van der Waals surface area contributed by atoms with Crippen LogP contribution in [0.1, 0.15) is 25.7 Å². The van der Waals surface area contributed by atoms with E-state index in [1.54, 1.807) is 0 Å². The van der Waals surface area contributed by atoms with Crippen molar-refractivity contribution in [1.29, 1.82) is 0 Å². The highest BCUT2D eigenvalue weighted by Crippen LogP contribution is 2.15. The fraction of sp³-hybridized carbons (Fsp3) is 0.500. The normalized spacial score (nSPS) is 10.3. The van der Waals surface area contributed by atoms with Crippen LogP contribution in [0.25, 0.3) is 0 Å². The van der Waals surface area contributed by atoms with Crippen molar-refractivity contribution in [3.63, 3.8) is 0 Å². The summed E-state index contributed by atoms with van der Waals surface area (Å²) in [6.07, 6.45) is 4.10. The molecule has 0 saturated heterocycles. The second-order valence-corrected chi connectivity index (χ2v) is 3.88. The van der Waals surface area contributed by atoms with E-state index in [2.05, 4.69) is 0 Å². The van der Waals surface area contributed by atoms with E-state index in [0.717, 1.165) is 43.1 Å². The van der Waals surface area contributed by atoms with Crippen molar-refractivity contribution in [2.24, 2.45) is 0 Å². The van der Waals surface area contributed by atoms with Crippen LogP contribution in [0.5, 0.6) is 5.75 Å². The number of aliphatic hydroxyl groups is 1. The Balaban J connectivity index is 2.07. The molecule has 0 heterocycles. The Morgan fingerprint density at radius 1 is 1.00 bits per heavy atom. The lowest BCUT2D eigenvalue weighted by Gasteiger charge is -2.05. The predicted molar refractivity (Wildman–Crippen MR) is 62.5 cm³/mol. The monoisotopic (exact) mass is 228 g/mol. The lowest BCUT2D eigenvalue weighted by molar-refractivity contribution is 0.273. The van der Waals surface area contributed by atoms with Gasteiger partial charge in [-0.3, -0.25) is 0 Å². The summed E-state index contributed by atoms with van der Waals surface area (Å²) >= 11 is 5.75. The van der Waals surface area contributed by atoms with Gasteiger partial charge in [0.1, 0.15) is 5.75 Å². The second kappa shape index (κ2) is 7.55. The van der Waals surface area contributed by atoms with Crippen LogP contribution in [0, 0.1) is 0 Å². The molecular weight excluding hydrogens is 212 g/mol. The fourth-order valence-electron chi connectivity index (χ4n) is 1.29. The van der Waals surface area contributed by atoms with E-state index in [0.29, 0.717) is 0 Å². The Bertz CT molecular complexity index is 259.